The Hall–Kier alpha value is -1.52. The van der Waals surface area contributed by atoms with Crippen molar-refractivity contribution in [3.8, 4) is 0 Å². The number of aromatic carboxylic acids is 1. The van der Waals surface area contributed by atoms with Crippen LogP contribution in [0.5, 0.6) is 0 Å². The van der Waals surface area contributed by atoms with Crippen LogP contribution in [0, 0.1) is 0 Å². The summed E-state index contributed by atoms with van der Waals surface area (Å²) in [6.45, 7) is 2.10. The molecule has 1 aliphatic rings. The highest BCUT2D eigenvalue weighted by molar-refractivity contribution is 5.85. The molecule has 1 aliphatic carbocycles. The van der Waals surface area contributed by atoms with Crippen molar-refractivity contribution in [3.63, 3.8) is 0 Å². The quantitative estimate of drug-likeness (QED) is 0.799. The Labute approximate surface area is 87.5 Å². The first-order valence-electron chi connectivity index (χ1n) is 5.06. The molecule has 0 amide bonds. The first-order chi connectivity index (χ1) is 7.09. The molecule has 2 rings (SSSR count). The molecule has 0 radical (unpaired) electrons. The Morgan fingerprint density at radius 2 is 2.27 bits per heavy atom. The number of aromatic nitrogens is 1. The summed E-state index contributed by atoms with van der Waals surface area (Å²) in [6, 6.07) is 0.303. The van der Waals surface area contributed by atoms with Gasteiger partial charge in [0.1, 0.15) is 6.26 Å². The molecule has 2 N–H and O–H groups in total. The number of carbonyl (C=O) groups is 1. The molecule has 1 heterocycles. The Balaban J connectivity index is 2.07. The fourth-order valence-corrected chi connectivity index (χ4v) is 1.97. The van der Waals surface area contributed by atoms with E-state index in [9.17, 15) is 4.79 Å². The number of nitrogens with one attached hydrogen (secondary N) is 1. The maximum Gasteiger partial charge on any atom is 0.357 e. The van der Waals surface area contributed by atoms with Gasteiger partial charge >= 0.3 is 5.97 Å². The molecule has 0 spiro atoms. The van der Waals surface area contributed by atoms with Crippen molar-refractivity contribution in [2.75, 3.05) is 5.32 Å². The second-order valence-corrected chi connectivity index (χ2v) is 4.24. The van der Waals surface area contributed by atoms with Crippen LogP contribution >= 0.6 is 0 Å². The van der Waals surface area contributed by atoms with E-state index in [-0.39, 0.29) is 11.2 Å². The number of carboxylic acids is 1. The summed E-state index contributed by atoms with van der Waals surface area (Å²) in [4.78, 5) is 14.4. The molecular formula is C10H14N2O3. The summed E-state index contributed by atoms with van der Waals surface area (Å²) in [5.74, 6) is -1.07. The van der Waals surface area contributed by atoms with Gasteiger partial charge in [0.2, 0.25) is 0 Å². The van der Waals surface area contributed by atoms with E-state index in [2.05, 4.69) is 17.2 Å². The lowest BCUT2D eigenvalue weighted by atomic mass is 10.0. The Morgan fingerprint density at radius 1 is 1.60 bits per heavy atom. The highest BCUT2D eigenvalue weighted by atomic mass is 16.4. The first-order valence-corrected chi connectivity index (χ1v) is 5.06. The second kappa shape index (κ2) is 3.56. The van der Waals surface area contributed by atoms with E-state index < -0.39 is 5.97 Å². The summed E-state index contributed by atoms with van der Waals surface area (Å²) >= 11 is 0. The predicted octanol–water partition coefficient (Wildman–Crippen LogP) is 2.12. The van der Waals surface area contributed by atoms with Gasteiger partial charge in [-0.25, -0.2) is 4.79 Å². The molecule has 5 nitrogen and oxygen atoms in total. The maximum atomic E-state index is 10.6. The zero-order chi connectivity index (χ0) is 10.9. The van der Waals surface area contributed by atoms with Crippen molar-refractivity contribution in [1.29, 1.82) is 0 Å². The van der Waals surface area contributed by atoms with Crippen molar-refractivity contribution < 1.29 is 14.3 Å². The van der Waals surface area contributed by atoms with E-state index in [4.69, 9.17) is 9.52 Å². The highest BCUT2D eigenvalue weighted by Gasteiger charge is 2.29. The molecular weight excluding hydrogens is 196 g/mol. The highest BCUT2D eigenvalue weighted by Crippen LogP contribution is 2.32. The molecule has 5 heteroatoms. The zero-order valence-corrected chi connectivity index (χ0v) is 8.62. The van der Waals surface area contributed by atoms with Crippen LogP contribution in [0.25, 0.3) is 0 Å². The molecule has 0 unspecified atom stereocenters. The lowest BCUT2D eigenvalue weighted by Gasteiger charge is -2.23. The predicted molar refractivity (Wildman–Crippen MR) is 54.0 cm³/mol. The third-order valence-corrected chi connectivity index (χ3v) is 2.84. The molecule has 1 aromatic heterocycles. The lowest BCUT2D eigenvalue weighted by Crippen LogP contribution is -2.30. The number of nitrogens with zero attached hydrogens (tertiary/aromatic N) is 1. The van der Waals surface area contributed by atoms with Gasteiger partial charge < -0.3 is 14.8 Å². The van der Waals surface area contributed by atoms with Gasteiger partial charge in [0.15, 0.2) is 5.69 Å². The average Bonchev–Trinajstić information content (AvgIpc) is 2.75. The van der Waals surface area contributed by atoms with Crippen LogP contribution in [0.15, 0.2) is 10.7 Å². The van der Waals surface area contributed by atoms with Gasteiger partial charge in [0.05, 0.1) is 0 Å². The lowest BCUT2D eigenvalue weighted by molar-refractivity contribution is 0.0690. The third kappa shape index (κ3) is 2.11. The largest absolute Gasteiger partial charge is 0.476 e. The Bertz CT molecular complexity index is 366. The number of hydrogen-bond donors (Lipinski definition) is 2. The topological polar surface area (TPSA) is 75.4 Å². The van der Waals surface area contributed by atoms with Gasteiger partial charge in [-0.15, -0.1) is 0 Å². The van der Waals surface area contributed by atoms with E-state index in [1.165, 1.54) is 12.8 Å². The molecule has 0 saturated heterocycles. The van der Waals surface area contributed by atoms with E-state index in [1.54, 1.807) is 0 Å². The fraction of sp³-hybridized carbons (Fsp3) is 0.600. The molecule has 1 aromatic rings. The summed E-state index contributed by atoms with van der Waals surface area (Å²) in [5, 5.41) is 11.8. The Morgan fingerprint density at radius 3 is 2.80 bits per heavy atom. The standard InChI is InChI=1S/C10H14N2O3/c1-10(4-2-3-5-10)12-9-11-7(6-15-9)8(13)14/h6H,2-5H2,1H3,(H,11,12)(H,13,14). The van der Waals surface area contributed by atoms with Crippen LogP contribution in [0.2, 0.25) is 0 Å². The second-order valence-electron chi connectivity index (χ2n) is 4.24. The van der Waals surface area contributed by atoms with Crippen molar-refractivity contribution in [2.45, 2.75) is 38.1 Å². The summed E-state index contributed by atoms with van der Waals surface area (Å²) < 4.78 is 5.05. The van der Waals surface area contributed by atoms with E-state index >= 15 is 0 Å². The van der Waals surface area contributed by atoms with Gasteiger partial charge in [-0.05, 0) is 19.8 Å². The molecule has 0 aromatic carbocycles. The minimum Gasteiger partial charge on any atom is -0.476 e. The normalized spacial score (nSPS) is 19.0. The average molecular weight is 210 g/mol. The Kier molecular flexibility index (Phi) is 2.38. The van der Waals surface area contributed by atoms with E-state index in [1.807, 2.05) is 0 Å². The third-order valence-electron chi connectivity index (χ3n) is 2.84. The summed E-state index contributed by atoms with van der Waals surface area (Å²) in [6.07, 6.45) is 5.67. The van der Waals surface area contributed by atoms with Gasteiger partial charge in [-0.1, -0.05) is 12.8 Å². The molecule has 1 saturated carbocycles. The van der Waals surface area contributed by atoms with Crippen LogP contribution in [-0.4, -0.2) is 21.6 Å². The van der Waals surface area contributed by atoms with E-state index in [0.29, 0.717) is 6.01 Å². The van der Waals surface area contributed by atoms with Crippen molar-refractivity contribution in [2.24, 2.45) is 0 Å². The van der Waals surface area contributed by atoms with E-state index in [0.717, 1.165) is 19.1 Å². The number of oxazole rings is 1. The molecule has 0 bridgehead atoms. The fourth-order valence-electron chi connectivity index (χ4n) is 1.97. The SMILES string of the molecule is CC1(Nc2nc(C(=O)O)co2)CCCC1. The molecule has 0 aliphatic heterocycles. The molecule has 0 atom stereocenters. The van der Waals surface area contributed by atoms with Crippen LogP contribution in [-0.2, 0) is 0 Å². The minimum absolute atomic E-state index is 0.000622. The van der Waals surface area contributed by atoms with Crippen molar-refractivity contribution in [1.82, 2.24) is 4.98 Å². The van der Waals surface area contributed by atoms with Gasteiger partial charge in [0, 0.05) is 5.54 Å². The zero-order valence-electron chi connectivity index (χ0n) is 8.62. The van der Waals surface area contributed by atoms with Gasteiger partial charge in [-0.2, -0.15) is 4.98 Å². The number of hydrogen-bond acceptors (Lipinski definition) is 4. The van der Waals surface area contributed by atoms with Gasteiger partial charge in [-0.3, -0.25) is 0 Å². The smallest absolute Gasteiger partial charge is 0.357 e. The monoisotopic (exact) mass is 210 g/mol. The van der Waals surface area contributed by atoms with Gasteiger partial charge in [0.25, 0.3) is 6.01 Å². The number of anilines is 1. The number of carboxylic acid groups (broad SMARTS) is 1. The maximum absolute atomic E-state index is 10.6. The van der Waals surface area contributed by atoms with Crippen LogP contribution in [0.3, 0.4) is 0 Å². The molecule has 15 heavy (non-hydrogen) atoms. The summed E-state index contributed by atoms with van der Waals surface area (Å²) in [7, 11) is 0. The minimum atomic E-state index is -1.07. The number of rotatable bonds is 3. The molecule has 82 valence electrons. The summed E-state index contributed by atoms with van der Waals surface area (Å²) in [5.41, 5.74) is -0.0558. The van der Waals surface area contributed by atoms with Crippen LogP contribution < -0.4 is 5.32 Å². The van der Waals surface area contributed by atoms with Crippen molar-refractivity contribution in [3.05, 3.63) is 12.0 Å². The van der Waals surface area contributed by atoms with Crippen molar-refractivity contribution >= 4 is 12.0 Å². The van der Waals surface area contributed by atoms with Crippen LogP contribution in [0.1, 0.15) is 43.1 Å². The molecule has 1 fully saturated rings. The first kappa shape index (κ1) is 10.0. The van der Waals surface area contributed by atoms with Crippen LogP contribution in [0.4, 0.5) is 6.01 Å².